The Hall–Kier alpha value is -1.86. The number of aryl methyl sites for hydroxylation is 1. The molecule has 2 saturated heterocycles. The van der Waals surface area contributed by atoms with Crippen LogP contribution in [0.5, 0.6) is 0 Å². The second-order valence-corrected chi connectivity index (χ2v) is 8.29. The zero-order chi connectivity index (χ0) is 21.0. The highest BCUT2D eigenvalue weighted by molar-refractivity contribution is 5.80. The van der Waals surface area contributed by atoms with Crippen molar-refractivity contribution in [3.63, 3.8) is 0 Å². The molecule has 168 valence electrons. The van der Waals surface area contributed by atoms with Gasteiger partial charge in [0.15, 0.2) is 5.96 Å². The first-order valence-corrected chi connectivity index (χ1v) is 11.6. The number of piperidine rings is 1. The highest BCUT2D eigenvalue weighted by atomic mass is 16.5. The molecule has 0 aromatic carbocycles. The summed E-state index contributed by atoms with van der Waals surface area (Å²) in [6.45, 7) is 11.3. The van der Waals surface area contributed by atoms with Crippen LogP contribution in [0.1, 0.15) is 44.7 Å². The Morgan fingerprint density at radius 3 is 2.77 bits per heavy atom. The molecule has 2 N–H and O–H groups in total. The summed E-state index contributed by atoms with van der Waals surface area (Å²) in [5.74, 6) is 2.69. The summed E-state index contributed by atoms with van der Waals surface area (Å²) in [6, 6.07) is 6.70. The monoisotopic (exact) mass is 417 g/mol. The third kappa shape index (κ3) is 7.76. The van der Waals surface area contributed by atoms with Crippen molar-refractivity contribution in [3.8, 4) is 0 Å². The summed E-state index contributed by atoms with van der Waals surface area (Å²) in [7, 11) is 0. The van der Waals surface area contributed by atoms with Crippen LogP contribution in [0.4, 0.5) is 5.82 Å². The second kappa shape index (κ2) is 12.7. The van der Waals surface area contributed by atoms with Crippen molar-refractivity contribution in [2.24, 2.45) is 10.9 Å². The van der Waals surface area contributed by atoms with Gasteiger partial charge in [-0.25, -0.2) is 4.98 Å². The summed E-state index contributed by atoms with van der Waals surface area (Å²) in [5.41, 5.74) is 1.08. The molecule has 0 unspecified atom stereocenters. The van der Waals surface area contributed by atoms with Crippen LogP contribution in [0.25, 0.3) is 0 Å². The van der Waals surface area contributed by atoms with E-state index in [2.05, 4.69) is 39.6 Å². The van der Waals surface area contributed by atoms with Crippen LogP contribution in [0.3, 0.4) is 0 Å². The van der Waals surface area contributed by atoms with E-state index in [4.69, 9.17) is 14.5 Å². The highest BCUT2D eigenvalue weighted by Crippen LogP contribution is 2.18. The van der Waals surface area contributed by atoms with E-state index in [9.17, 15) is 0 Å². The molecule has 2 aliphatic rings. The number of hydrogen-bond donors (Lipinski definition) is 2. The Kier molecular flexibility index (Phi) is 9.70. The molecule has 0 bridgehead atoms. The van der Waals surface area contributed by atoms with Gasteiger partial charge in [-0.2, -0.15) is 0 Å². The number of pyridine rings is 1. The fourth-order valence-electron chi connectivity index (χ4n) is 3.99. The van der Waals surface area contributed by atoms with Crippen LogP contribution in [-0.4, -0.2) is 69.6 Å². The molecule has 1 aromatic heterocycles. The van der Waals surface area contributed by atoms with Crippen molar-refractivity contribution in [3.05, 3.63) is 23.9 Å². The minimum Gasteiger partial charge on any atom is -0.381 e. The Morgan fingerprint density at radius 1 is 1.23 bits per heavy atom. The lowest BCUT2D eigenvalue weighted by Crippen LogP contribution is -2.49. The third-order valence-corrected chi connectivity index (χ3v) is 5.79. The van der Waals surface area contributed by atoms with E-state index >= 15 is 0 Å². The first-order valence-electron chi connectivity index (χ1n) is 11.6. The maximum absolute atomic E-state index is 5.85. The molecule has 0 spiro atoms. The van der Waals surface area contributed by atoms with Gasteiger partial charge >= 0.3 is 0 Å². The van der Waals surface area contributed by atoms with Crippen LogP contribution >= 0.6 is 0 Å². The maximum atomic E-state index is 5.85. The lowest BCUT2D eigenvalue weighted by molar-refractivity contribution is 0.0205. The molecule has 7 nitrogen and oxygen atoms in total. The fourth-order valence-corrected chi connectivity index (χ4v) is 3.99. The van der Waals surface area contributed by atoms with E-state index in [-0.39, 0.29) is 0 Å². The predicted octanol–water partition coefficient (Wildman–Crippen LogP) is 2.75. The number of aromatic nitrogens is 1. The summed E-state index contributed by atoms with van der Waals surface area (Å²) in [4.78, 5) is 11.8. The summed E-state index contributed by atoms with van der Waals surface area (Å²) >= 11 is 0. The van der Waals surface area contributed by atoms with Gasteiger partial charge in [0.25, 0.3) is 0 Å². The number of aliphatic imine (C=N–C) groups is 1. The molecule has 0 atom stereocenters. The molecule has 2 aliphatic heterocycles. The molecule has 0 amide bonds. The lowest BCUT2D eigenvalue weighted by atomic mass is 10.0. The quantitative estimate of drug-likeness (QED) is 0.366. The summed E-state index contributed by atoms with van der Waals surface area (Å²) in [6.07, 6.45) is 5.40. The van der Waals surface area contributed by atoms with Crippen molar-refractivity contribution >= 4 is 11.8 Å². The average molecular weight is 418 g/mol. The van der Waals surface area contributed by atoms with Gasteiger partial charge in [-0.3, -0.25) is 4.99 Å². The van der Waals surface area contributed by atoms with Crippen molar-refractivity contribution < 1.29 is 9.47 Å². The second-order valence-electron chi connectivity index (χ2n) is 8.29. The molecule has 0 saturated carbocycles. The number of anilines is 1. The van der Waals surface area contributed by atoms with Crippen molar-refractivity contribution in [2.75, 3.05) is 57.5 Å². The molecular formula is C23H39N5O2. The number of hydrogen-bond acceptors (Lipinski definition) is 5. The van der Waals surface area contributed by atoms with Gasteiger partial charge in [-0.15, -0.1) is 0 Å². The zero-order valence-electron chi connectivity index (χ0n) is 18.7. The highest BCUT2D eigenvalue weighted by Gasteiger charge is 2.21. The van der Waals surface area contributed by atoms with Gasteiger partial charge in [-0.05, 0) is 64.0 Å². The average Bonchev–Trinajstić information content (AvgIpc) is 2.77. The molecular weight excluding hydrogens is 378 g/mol. The third-order valence-electron chi connectivity index (χ3n) is 5.79. The number of nitrogens with one attached hydrogen (secondary N) is 2. The smallest absolute Gasteiger partial charge is 0.191 e. The maximum Gasteiger partial charge on any atom is 0.191 e. The zero-order valence-corrected chi connectivity index (χ0v) is 18.7. The summed E-state index contributed by atoms with van der Waals surface area (Å²) in [5, 5.41) is 7.00. The summed E-state index contributed by atoms with van der Waals surface area (Å²) < 4.78 is 11.2. The van der Waals surface area contributed by atoms with Gasteiger partial charge in [-0.1, -0.05) is 6.07 Å². The first kappa shape index (κ1) is 22.8. The Balaban J connectivity index is 1.34. The Labute approximate surface area is 181 Å². The van der Waals surface area contributed by atoms with Gasteiger partial charge in [0.05, 0.1) is 0 Å². The first-order chi connectivity index (χ1) is 14.7. The Morgan fingerprint density at radius 2 is 2.03 bits per heavy atom. The van der Waals surface area contributed by atoms with Crippen LogP contribution in [0.2, 0.25) is 0 Å². The minimum absolute atomic E-state index is 0.452. The topological polar surface area (TPSA) is 71.0 Å². The molecule has 2 fully saturated rings. The SMILES string of the molecule is CCNC(=NCCCOCC1CCOCC1)NC1CCN(c2cccc(C)n2)CC1. The van der Waals surface area contributed by atoms with E-state index in [0.29, 0.717) is 12.0 Å². The van der Waals surface area contributed by atoms with Crippen LogP contribution in [0, 0.1) is 12.8 Å². The van der Waals surface area contributed by atoms with Crippen molar-refractivity contribution in [1.82, 2.24) is 15.6 Å². The lowest BCUT2D eigenvalue weighted by Gasteiger charge is -2.34. The number of ether oxygens (including phenoxy) is 2. The molecule has 3 heterocycles. The van der Waals surface area contributed by atoms with E-state index in [1.807, 2.05) is 13.0 Å². The molecule has 7 heteroatoms. The van der Waals surface area contributed by atoms with E-state index in [0.717, 1.165) is 102 Å². The number of nitrogens with zero attached hydrogens (tertiary/aromatic N) is 3. The standard InChI is InChI=1S/C23H39N5O2/c1-3-24-23(25-12-5-15-30-18-20-10-16-29-17-11-20)27-21-8-13-28(14-9-21)22-7-4-6-19(2)26-22/h4,6-7,20-21H,3,5,8-18H2,1-2H3,(H2,24,25,27). The molecule has 0 aliphatic carbocycles. The molecule has 30 heavy (non-hydrogen) atoms. The number of guanidine groups is 1. The van der Waals surface area contributed by atoms with Gasteiger partial charge < -0.3 is 25.0 Å². The van der Waals surface area contributed by atoms with Gasteiger partial charge in [0.1, 0.15) is 5.82 Å². The van der Waals surface area contributed by atoms with Crippen molar-refractivity contribution in [1.29, 1.82) is 0 Å². The van der Waals surface area contributed by atoms with Crippen LogP contribution in [0.15, 0.2) is 23.2 Å². The van der Waals surface area contributed by atoms with Crippen LogP contribution in [-0.2, 0) is 9.47 Å². The number of rotatable bonds is 9. The minimum atomic E-state index is 0.452. The molecule has 3 rings (SSSR count). The Bertz CT molecular complexity index is 640. The molecule has 1 aromatic rings. The normalized spacial score (nSPS) is 19.1. The van der Waals surface area contributed by atoms with Crippen molar-refractivity contribution in [2.45, 2.75) is 52.0 Å². The van der Waals surface area contributed by atoms with E-state index in [1.165, 1.54) is 0 Å². The van der Waals surface area contributed by atoms with Crippen LogP contribution < -0.4 is 15.5 Å². The van der Waals surface area contributed by atoms with Gasteiger partial charge in [0, 0.05) is 64.3 Å². The largest absolute Gasteiger partial charge is 0.381 e. The fraction of sp³-hybridized carbons (Fsp3) is 0.739. The predicted molar refractivity (Wildman–Crippen MR) is 122 cm³/mol. The molecule has 0 radical (unpaired) electrons. The van der Waals surface area contributed by atoms with Gasteiger partial charge in [0.2, 0.25) is 0 Å². The van der Waals surface area contributed by atoms with E-state index < -0.39 is 0 Å². The van der Waals surface area contributed by atoms with E-state index in [1.54, 1.807) is 0 Å².